The second kappa shape index (κ2) is 6.80. The normalized spacial score (nSPS) is 11.2. The maximum atomic E-state index is 11.4. The van der Waals surface area contributed by atoms with Gasteiger partial charge in [0, 0.05) is 38.1 Å². The van der Waals surface area contributed by atoms with Crippen molar-refractivity contribution in [1.82, 2.24) is 19.3 Å². The van der Waals surface area contributed by atoms with Gasteiger partial charge in [-0.3, -0.25) is 9.20 Å². The van der Waals surface area contributed by atoms with Crippen LogP contribution in [0.3, 0.4) is 0 Å². The van der Waals surface area contributed by atoms with Crippen LogP contribution in [0.2, 0.25) is 0 Å². The number of anilines is 1. The minimum absolute atomic E-state index is 0.428. The van der Waals surface area contributed by atoms with Gasteiger partial charge in [-0.2, -0.15) is 0 Å². The summed E-state index contributed by atoms with van der Waals surface area (Å²) in [7, 11) is 6.13. The van der Waals surface area contributed by atoms with E-state index < -0.39 is 0 Å². The number of pyridine rings is 2. The molecule has 0 aromatic carbocycles. The minimum atomic E-state index is 0.428. The van der Waals surface area contributed by atoms with E-state index in [2.05, 4.69) is 33.9 Å². The van der Waals surface area contributed by atoms with Gasteiger partial charge in [-0.05, 0) is 38.4 Å². The number of likely N-dealkylation sites (N-methyl/N-ethyl adjacent to an activating group) is 2. The maximum absolute atomic E-state index is 11.4. The molecule has 0 aliphatic carbocycles. The molecular formula is C18H21N5O. The molecule has 6 nitrogen and oxygen atoms in total. The third-order valence-corrected chi connectivity index (χ3v) is 3.96. The molecule has 0 unspecified atom stereocenters. The van der Waals surface area contributed by atoms with Crippen LogP contribution in [0.15, 0.2) is 42.7 Å². The number of hydrogen-bond donors (Lipinski definition) is 0. The molecule has 0 fully saturated rings. The molecule has 0 amide bonds. The summed E-state index contributed by atoms with van der Waals surface area (Å²) >= 11 is 0. The van der Waals surface area contributed by atoms with E-state index >= 15 is 0 Å². The Morgan fingerprint density at radius 1 is 1.12 bits per heavy atom. The molecule has 0 aliphatic rings. The van der Waals surface area contributed by atoms with Crippen LogP contribution in [0, 0.1) is 0 Å². The van der Waals surface area contributed by atoms with E-state index in [0.717, 1.165) is 42.1 Å². The van der Waals surface area contributed by atoms with Crippen LogP contribution in [0.25, 0.3) is 16.9 Å². The van der Waals surface area contributed by atoms with Gasteiger partial charge >= 0.3 is 0 Å². The molecule has 3 aromatic heterocycles. The largest absolute Gasteiger partial charge is 0.358 e. The molecule has 0 N–H and O–H groups in total. The second-order valence-corrected chi connectivity index (χ2v) is 6.02. The summed E-state index contributed by atoms with van der Waals surface area (Å²) in [5, 5.41) is 0. The van der Waals surface area contributed by atoms with Gasteiger partial charge in [-0.1, -0.05) is 6.07 Å². The van der Waals surface area contributed by atoms with Crippen molar-refractivity contribution in [3.63, 3.8) is 0 Å². The van der Waals surface area contributed by atoms with Gasteiger partial charge in [0.25, 0.3) is 0 Å². The lowest BCUT2D eigenvalue weighted by molar-refractivity contribution is 0.112. The van der Waals surface area contributed by atoms with Crippen LogP contribution in [0.5, 0.6) is 0 Å². The summed E-state index contributed by atoms with van der Waals surface area (Å²) in [6, 6.07) is 9.67. The topological polar surface area (TPSA) is 53.7 Å². The van der Waals surface area contributed by atoms with Gasteiger partial charge in [0.2, 0.25) is 0 Å². The number of hydrogen-bond acceptors (Lipinski definition) is 5. The summed E-state index contributed by atoms with van der Waals surface area (Å²) < 4.78 is 1.91. The summed E-state index contributed by atoms with van der Waals surface area (Å²) in [5.41, 5.74) is 2.83. The Kier molecular flexibility index (Phi) is 4.57. The van der Waals surface area contributed by atoms with Crippen molar-refractivity contribution in [2.75, 3.05) is 39.1 Å². The first-order chi connectivity index (χ1) is 11.6. The van der Waals surface area contributed by atoms with Crippen molar-refractivity contribution < 1.29 is 4.79 Å². The standard InChI is InChI=1S/C18H21N5O/c1-21(2)10-11-22(3)16-8-7-14(12-19-16)18-15(13-24)20-17-6-4-5-9-23(17)18/h4-9,12-13H,10-11H2,1-3H3. The van der Waals surface area contributed by atoms with E-state index in [-0.39, 0.29) is 0 Å². The van der Waals surface area contributed by atoms with Crippen LogP contribution in [0.4, 0.5) is 5.82 Å². The van der Waals surface area contributed by atoms with Crippen molar-refractivity contribution in [2.24, 2.45) is 0 Å². The summed E-state index contributed by atoms with van der Waals surface area (Å²) in [6.07, 6.45) is 4.49. The van der Waals surface area contributed by atoms with Gasteiger partial charge in [-0.25, -0.2) is 9.97 Å². The summed E-state index contributed by atoms with van der Waals surface area (Å²) in [4.78, 5) is 24.5. The molecule has 0 saturated carbocycles. The number of imidazole rings is 1. The van der Waals surface area contributed by atoms with Gasteiger partial charge in [0.1, 0.15) is 17.2 Å². The number of aldehydes is 1. The molecule has 0 atom stereocenters. The number of rotatable bonds is 6. The Morgan fingerprint density at radius 2 is 1.96 bits per heavy atom. The average molecular weight is 323 g/mol. The fraction of sp³-hybridized carbons (Fsp3) is 0.278. The number of carbonyl (C=O) groups excluding carboxylic acids is 1. The minimum Gasteiger partial charge on any atom is -0.358 e. The van der Waals surface area contributed by atoms with Gasteiger partial charge < -0.3 is 9.80 Å². The highest BCUT2D eigenvalue weighted by Gasteiger charge is 2.14. The fourth-order valence-electron chi connectivity index (χ4n) is 2.60. The summed E-state index contributed by atoms with van der Waals surface area (Å²) in [6.45, 7) is 1.86. The lowest BCUT2D eigenvalue weighted by atomic mass is 10.1. The Labute approximate surface area is 141 Å². The predicted molar refractivity (Wildman–Crippen MR) is 95.6 cm³/mol. The van der Waals surface area contributed by atoms with E-state index in [1.54, 1.807) is 6.20 Å². The Bertz CT molecular complexity index is 838. The second-order valence-electron chi connectivity index (χ2n) is 6.02. The molecule has 124 valence electrons. The lowest BCUT2D eigenvalue weighted by Crippen LogP contribution is -2.28. The number of nitrogens with zero attached hydrogens (tertiary/aromatic N) is 5. The molecule has 0 aliphatic heterocycles. The average Bonchev–Trinajstić information content (AvgIpc) is 2.98. The van der Waals surface area contributed by atoms with Crippen LogP contribution < -0.4 is 4.90 Å². The molecule has 3 aromatic rings. The monoisotopic (exact) mass is 323 g/mol. The highest BCUT2D eigenvalue weighted by molar-refractivity contribution is 5.86. The molecule has 24 heavy (non-hydrogen) atoms. The third kappa shape index (κ3) is 3.14. The van der Waals surface area contributed by atoms with Gasteiger partial charge in [0.15, 0.2) is 6.29 Å². The number of fused-ring (bicyclic) bond motifs is 1. The SMILES string of the molecule is CN(C)CCN(C)c1ccc(-c2c(C=O)nc3ccccn23)cn1. The van der Waals surface area contributed by atoms with Crippen LogP contribution >= 0.6 is 0 Å². The highest BCUT2D eigenvalue weighted by Crippen LogP contribution is 2.25. The molecule has 0 bridgehead atoms. The molecule has 0 saturated heterocycles. The van der Waals surface area contributed by atoms with Crippen molar-refractivity contribution in [3.05, 3.63) is 48.4 Å². The zero-order chi connectivity index (χ0) is 17.1. The first-order valence-electron chi connectivity index (χ1n) is 7.84. The lowest BCUT2D eigenvalue weighted by Gasteiger charge is -2.20. The quantitative estimate of drug-likeness (QED) is 0.651. The maximum Gasteiger partial charge on any atom is 0.170 e. The van der Waals surface area contributed by atoms with Crippen molar-refractivity contribution in [3.8, 4) is 11.3 Å². The van der Waals surface area contributed by atoms with Gasteiger partial charge in [0.05, 0.1) is 5.69 Å². The highest BCUT2D eigenvalue weighted by atomic mass is 16.1. The van der Waals surface area contributed by atoms with Crippen molar-refractivity contribution >= 4 is 17.8 Å². The fourth-order valence-corrected chi connectivity index (χ4v) is 2.60. The smallest absolute Gasteiger partial charge is 0.170 e. The van der Waals surface area contributed by atoms with E-state index in [9.17, 15) is 4.79 Å². The van der Waals surface area contributed by atoms with Crippen molar-refractivity contribution in [2.45, 2.75) is 0 Å². The van der Waals surface area contributed by atoms with E-state index in [1.165, 1.54) is 0 Å². The molecule has 6 heteroatoms. The molecular weight excluding hydrogens is 302 g/mol. The molecule has 0 radical (unpaired) electrons. The Balaban J connectivity index is 1.92. The third-order valence-electron chi connectivity index (χ3n) is 3.96. The van der Waals surface area contributed by atoms with E-state index in [1.807, 2.05) is 48.0 Å². The molecule has 3 heterocycles. The Hall–Kier alpha value is -2.73. The van der Waals surface area contributed by atoms with Gasteiger partial charge in [-0.15, -0.1) is 0 Å². The first kappa shape index (κ1) is 16.1. The molecule has 3 rings (SSSR count). The first-order valence-corrected chi connectivity index (χ1v) is 7.84. The summed E-state index contributed by atoms with van der Waals surface area (Å²) in [5.74, 6) is 0.905. The van der Waals surface area contributed by atoms with E-state index in [0.29, 0.717) is 5.69 Å². The van der Waals surface area contributed by atoms with E-state index in [4.69, 9.17) is 0 Å². The zero-order valence-electron chi connectivity index (χ0n) is 14.2. The van der Waals surface area contributed by atoms with Crippen LogP contribution in [0.1, 0.15) is 10.5 Å². The zero-order valence-corrected chi connectivity index (χ0v) is 14.2. The van der Waals surface area contributed by atoms with Crippen LogP contribution in [-0.2, 0) is 0 Å². The molecule has 0 spiro atoms. The predicted octanol–water partition coefficient (Wildman–Crippen LogP) is 2.21. The van der Waals surface area contributed by atoms with Crippen molar-refractivity contribution in [1.29, 1.82) is 0 Å². The van der Waals surface area contributed by atoms with Crippen LogP contribution in [-0.4, -0.2) is 59.8 Å². The Morgan fingerprint density at radius 3 is 2.62 bits per heavy atom. The number of aromatic nitrogens is 3. The number of carbonyl (C=O) groups is 1.